The second-order valence-electron chi connectivity index (χ2n) is 4.15. The van der Waals surface area contributed by atoms with Crippen LogP contribution in [0.1, 0.15) is 27.3 Å². The van der Waals surface area contributed by atoms with Crippen molar-refractivity contribution in [3.05, 3.63) is 58.9 Å². The van der Waals surface area contributed by atoms with Crippen molar-refractivity contribution in [2.45, 2.75) is 20.5 Å². The molecule has 2 rings (SSSR count). The van der Waals surface area contributed by atoms with Crippen LogP contribution in [0, 0.1) is 13.8 Å². The molecule has 0 spiro atoms. The number of hydrogen-bond donors (Lipinski definition) is 0. The molecule has 92 valence electrons. The Balaban J connectivity index is 2.21. The number of aromatic nitrogens is 1. The van der Waals surface area contributed by atoms with Gasteiger partial charge in [0.25, 0.3) is 0 Å². The van der Waals surface area contributed by atoms with Crippen molar-refractivity contribution in [1.29, 1.82) is 0 Å². The molecule has 0 aliphatic rings. The molecule has 0 amide bonds. The summed E-state index contributed by atoms with van der Waals surface area (Å²) in [6.07, 6.45) is 0.794. The summed E-state index contributed by atoms with van der Waals surface area (Å²) in [7, 11) is 0. The van der Waals surface area contributed by atoms with E-state index in [-0.39, 0.29) is 0 Å². The van der Waals surface area contributed by atoms with Crippen LogP contribution >= 0.6 is 0 Å². The second-order valence-corrected chi connectivity index (χ2v) is 4.15. The Bertz CT molecular complexity index is 550. The fourth-order valence-corrected chi connectivity index (χ4v) is 1.80. The largest absolute Gasteiger partial charge is 0.488 e. The summed E-state index contributed by atoms with van der Waals surface area (Å²) in [5.74, 6) is 0.596. The van der Waals surface area contributed by atoms with Crippen LogP contribution in [-0.4, -0.2) is 11.3 Å². The number of aldehydes is 1. The molecule has 2 aromatic rings. The Morgan fingerprint density at radius 1 is 1.22 bits per heavy atom. The highest BCUT2D eigenvalue weighted by molar-refractivity contribution is 5.80. The second kappa shape index (κ2) is 5.45. The number of rotatable bonds is 4. The molecule has 0 saturated heterocycles. The fourth-order valence-electron chi connectivity index (χ4n) is 1.80. The van der Waals surface area contributed by atoms with Crippen molar-refractivity contribution >= 4 is 6.29 Å². The van der Waals surface area contributed by atoms with E-state index < -0.39 is 0 Å². The number of carbonyl (C=O) groups excluding carboxylic acids is 1. The van der Waals surface area contributed by atoms with Crippen LogP contribution in [0.3, 0.4) is 0 Å². The van der Waals surface area contributed by atoms with E-state index in [0.717, 1.165) is 17.5 Å². The van der Waals surface area contributed by atoms with Crippen molar-refractivity contribution in [2.24, 2.45) is 0 Å². The Kier molecular flexibility index (Phi) is 3.72. The van der Waals surface area contributed by atoms with Gasteiger partial charge in [0.15, 0.2) is 6.29 Å². The number of hydrogen-bond acceptors (Lipinski definition) is 3. The smallest absolute Gasteiger partial charge is 0.155 e. The average Bonchev–Trinajstić information content (AvgIpc) is 2.37. The molecule has 0 unspecified atom stereocenters. The molecule has 18 heavy (non-hydrogen) atoms. The van der Waals surface area contributed by atoms with Crippen LogP contribution in [0.5, 0.6) is 5.75 Å². The van der Waals surface area contributed by atoms with Crippen LogP contribution in [0.4, 0.5) is 0 Å². The van der Waals surface area contributed by atoms with Gasteiger partial charge in [-0.25, -0.2) is 0 Å². The monoisotopic (exact) mass is 241 g/mol. The molecule has 0 N–H and O–H groups in total. The minimum Gasteiger partial charge on any atom is -0.488 e. The van der Waals surface area contributed by atoms with Gasteiger partial charge in [0.1, 0.15) is 12.4 Å². The normalized spacial score (nSPS) is 10.1. The first-order valence-corrected chi connectivity index (χ1v) is 5.81. The first kappa shape index (κ1) is 12.3. The summed E-state index contributed by atoms with van der Waals surface area (Å²) in [6, 6.07) is 11.6. The minimum absolute atomic E-state index is 0.449. The van der Waals surface area contributed by atoms with E-state index in [1.807, 2.05) is 44.2 Å². The van der Waals surface area contributed by atoms with Crippen molar-refractivity contribution in [1.82, 2.24) is 4.98 Å². The molecular weight excluding hydrogens is 226 g/mol. The maximum Gasteiger partial charge on any atom is 0.155 e. The SMILES string of the molecule is Cc1cc(OCc2ccccc2)c(C=O)c(C)n1. The van der Waals surface area contributed by atoms with E-state index in [0.29, 0.717) is 23.6 Å². The molecule has 0 saturated carbocycles. The van der Waals surface area contributed by atoms with Crippen molar-refractivity contribution in [3.63, 3.8) is 0 Å². The first-order chi connectivity index (χ1) is 8.70. The Morgan fingerprint density at radius 3 is 2.61 bits per heavy atom. The lowest BCUT2D eigenvalue weighted by Crippen LogP contribution is -2.02. The van der Waals surface area contributed by atoms with Gasteiger partial charge in [-0.05, 0) is 19.4 Å². The van der Waals surface area contributed by atoms with Crippen LogP contribution in [0.25, 0.3) is 0 Å². The molecule has 1 aromatic carbocycles. The summed E-state index contributed by atoms with van der Waals surface area (Å²) < 4.78 is 5.70. The van der Waals surface area contributed by atoms with Gasteiger partial charge in [0, 0.05) is 11.8 Å². The van der Waals surface area contributed by atoms with Gasteiger partial charge in [-0.3, -0.25) is 9.78 Å². The number of carbonyl (C=O) groups is 1. The van der Waals surface area contributed by atoms with E-state index in [1.165, 1.54) is 0 Å². The van der Waals surface area contributed by atoms with Gasteiger partial charge in [-0.2, -0.15) is 0 Å². The van der Waals surface area contributed by atoms with Gasteiger partial charge in [-0.15, -0.1) is 0 Å². The minimum atomic E-state index is 0.449. The highest BCUT2D eigenvalue weighted by atomic mass is 16.5. The third kappa shape index (κ3) is 2.74. The molecule has 0 aliphatic carbocycles. The predicted molar refractivity (Wildman–Crippen MR) is 69.9 cm³/mol. The maximum atomic E-state index is 11.1. The molecular formula is C15H15NO2. The Hall–Kier alpha value is -2.16. The molecule has 1 heterocycles. The molecule has 0 radical (unpaired) electrons. The quantitative estimate of drug-likeness (QED) is 0.772. The van der Waals surface area contributed by atoms with Crippen molar-refractivity contribution in [3.8, 4) is 5.75 Å². The zero-order valence-corrected chi connectivity index (χ0v) is 10.5. The Labute approximate surface area is 106 Å². The zero-order valence-electron chi connectivity index (χ0n) is 10.5. The number of aryl methyl sites for hydroxylation is 2. The molecule has 3 nitrogen and oxygen atoms in total. The first-order valence-electron chi connectivity index (χ1n) is 5.81. The average molecular weight is 241 g/mol. The van der Waals surface area contributed by atoms with Gasteiger partial charge < -0.3 is 4.74 Å². The number of ether oxygens (including phenoxy) is 1. The summed E-state index contributed by atoms with van der Waals surface area (Å²) in [4.78, 5) is 15.3. The van der Waals surface area contributed by atoms with Crippen LogP contribution in [0.2, 0.25) is 0 Å². The van der Waals surface area contributed by atoms with E-state index in [4.69, 9.17) is 4.74 Å². The van der Waals surface area contributed by atoms with Crippen LogP contribution in [0.15, 0.2) is 36.4 Å². The molecule has 1 aromatic heterocycles. The third-order valence-corrected chi connectivity index (χ3v) is 2.69. The highest BCUT2D eigenvalue weighted by Gasteiger charge is 2.08. The number of nitrogens with zero attached hydrogens (tertiary/aromatic N) is 1. The highest BCUT2D eigenvalue weighted by Crippen LogP contribution is 2.21. The third-order valence-electron chi connectivity index (χ3n) is 2.69. The lowest BCUT2D eigenvalue weighted by molar-refractivity contribution is 0.111. The predicted octanol–water partition coefficient (Wildman–Crippen LogP) is 3.09. The van der Waals surface area contributed by atoms with Crippen molar-refractivity contribution < 1.29 is 9.53 Å². The summed E-state index contributed by atoms with van der Waals surface area (Å²) in [5.41, 5.74) is 3.15. The molecule has 0 atom stereocenters. The van der Waals surface area contributed by atoms with E-state index in [9.17, 15) is 4.79 Å². The van der Waals surface area contributed by atoms with Gasteiger partial charge >= 0.3 is 0 Å². The van der Waals surface area contributed by atoms with E-state index >= 15 is 0 Å². The van der Waals surface area contributed by atoms with E-state index in [1.54, 1.807) is 6.07 Å². The fraction of sp³-hybridized carbons (Fsp3) is 0.200. The van der Waals surface area contributed by atoms with Gasteiger partial charge in [0.2, 0.25) is 0 Å². The zero-order chi connectivity index (χ0) is 13.0. The maximum absolute atomic E-state index is 11.1. The lowest BCUT2D eigenvalue weighted by atomic mass is 10.2. The van der Waals surface area contributed by atoms with Crippen LogP contribution < -0.4 is 4.74 Å². The Morgan fingerprint density at radius 2 is 1.94 bits per heavy atom. The molecule has 0 aliphatic heterocycles. The summed E-state index contributed by atoms with van der Waals surface area (Å²) >= 11 is 0. The molecule has 0 fully saturated rings. The number of benzene rings is 1. The topological polar surface area (TPSA) is 39.2 Å². The van der Waals surface area contributed by atoms with Crippen molar-refractivity contribution in [2.75, 3.05) is 0 Å². The lowest BCUT2D eigenvalue weighted by Gasteiger charge is -2.11. The van der Waals surface area contributed by atoms with E-state index in [2.05, 4.69) is 4.98 Å². The van der Waals surface area contributed by atoms with Gasteiger partial charge in [0.05, 0.1) is 11.3 Å². The summed E-state index contributed by atoms with van der Waals surface area (Å²) in [5, 5.41) is 0. The standard InChI is InChI=1S/C15H15NO2/c1-11-8-15(14(9-17)12(2)16-11)18-10-13-6-4-3-5-7-13/h3-9H,10H2,1-2H3. The molecule has 0 bridgehead atoms. The molecule has 3 heteroatoms. The van der Waals surface area contributed by atoms with Crippen LogP contribution in [-0.2, 0) is 6.61 Å². The summed E-state index contributed by atoms with van der Waals surface area (Å²) in [6.45, 7) is 4.15. The number of pyridine rings is 1. The van der Waals surface area contributed by atoms with Gasteiger partial charge in [-0.1, -0.05) is 30.3 Å².